The van der Waals surface area contributed by atoms with Crippen molar-refractivity contribution in [1.82, 2.24) is 20.0 Å². The average molecular weight is 252 g/mol. The van der Waals surface area contributed by atoms with Gasteiger partial charge in [0.2, 0.25) is 5.91 Å². The lowest BCUT2D eigenvalue weighted by molar-refractivity contribution is -0.130. The maximum Gasteiger partial charge on any atom is 0.223 e. The van der Waals surface area contributed by atoms with Crippen LogP contribution in [-0.4, -0.2) is 40.2 Å². The molecule has 1 heterocycles. The number of hydrogen-bond donors (Lipinski definition) is 1. The largest absolute Gasteiger partial charge is 0.343 e. The molecule has 1 aromatic heterocycles. The first-order chi connectivity index (χ1) is 8.71. The van der Waals surface area contributed by atoms with Crippen LogP contribution < -0.4 is 5.32 Å². The van der Waals surface area contributed by atoms with E-state index >= 15 is 0 Å². The van der Waals surface area contributed by atoms with Crippen LogP contribution in [0.25, 0.3) is 0 Å². The maximum absolute atomic E-state index is 11.7. The second-order valence-corrected chi connectivity index (χ2v) is 4.20. The van der Waals surface area contributed by atoms with Gasteiger partial charge in [-0.1, -0.05) is 0 Å². The molecule has 0 saturated carbocycles. The number of hydrogen-bond acceptors (Lipinski definition) is 3. The monoisotopic (exact) mass is 252 g/mol. The van der Waals surface area contributed by atoms with Crippen LogP contribution >= 0.6 is 0 Å². The van der Waals surface area contributed by atoms with E-state index in [1.165, 1.54) is 0 Å². The summed E-state index contributed by atoms with van der Waals surface area (Å²) < 4.78 is 1.90. The molecule has 1 rings (SSSR count). The smallest absolute Gasteiger partial charge is 0.223 e. The van der Waals surface area contributed by atoms with Crippen molar-refractivity contribution in [3.8, 4) is 0 Å². The number of nitrogens with one attached hydrogen (secondary N) is 1. The molecule has 102 valence electrons. The van der Waals surface area contributed by atoms with Crippen molar-refractivity contribution >= 4 is 5.91 Å². The molecular weight excluding hydrogens is 228 g/mol. The van der Waals surface area contributed by atoms with Gasteiger partial charge in [0, 0.05) is 50.9 Å². The number of aromatic nitrogens is 2. The number of nitrogens with zero attached hydrogens (tertiary/aromatic N) is 3. The number of rotatable bonds is 8. The molecule has 0 atom stereocenters. The number of carbonyl (C=O) groups excluding carboxylic acids is 1. The van der Waals surface area contributed by atoms with E-state index in [-0.39, 0.29) is 5.91 Å². The summed E-state index contributed by atoms with van der Waals surface area (Å²) >= 11 is 0. The van der Waals surface area contributed by atoms with Gasteiger partial charge in [-0.25, -0.2) is 0 Å². The molecule has 1 N–H and O–H groups in total. The Morgan fingerprint density at radius 2 is 2.11 bits per heavy atom. The zero-order chi connectivity index (χ0) is 13.4. The lowest BCUT2D eigenvalue weighted by Crippen LogP contribution is -2.32. The Morgan fingerprint density at radius 1 is 1.39 bits per heavy atom. The van der Waals surface area contributed by atoms with E-state index < -0.39 is 0 Å². The Morgan fingerprint density at radius 3 is 2.67 bits per heavy atom. The minimum atomic E-state index is 0.219. The highest BCUT2D eigenvalue weighted by Crippen LogP contribution is 1.97. The highest BCUT2D eigenvalue weighted by atomic mass is 16.2. The van der Waals surface area contributed by atoms with E-state index in [4.69, 9.17) is 0 Å². The first kappa shape index (κ1) is 14.7. The molecule has 0 aliphatic carbocycles. The van der Waals surface area contributed by atoms with Crippen molar-refractivity contribution in [1.29, 1.82) is 0 Å². The fourth-order valence-corrected chi connectivity index (χ4v) is 1.83. The third kappa shape index (κ3) is 4.49. The van der Waals surface area contributed by atoms with E-state index in [0.717, 1.165) is 31.7 Å². The molecule has 5 heteroatoms. The van der Waals surface area contributed by atoms with Gasteiger partial charge in [-0.05, 0) is 20.8 Å². The molecule has 0 fully saturated rings. The molecule has 0 spiro atoms. The van der Waals surface area contributed by atoms with E-state index in [1.807, 2.05) is 35.8 Å². The van der Waals surface area contributed by atoms with Crippen LogP contribution in [0.3, 0.4) is 0 Å². The molecule has 0 saturated heterocycles. The van der Waals surface area contributed by atoms with Crippen molar-refractivity contribution in [2.24, 2.45) is 0 Å². The second-order valence-electron chi connectivity index (χ2n) is 4.20. The molecule has 0 radical (unpaired) electrons. The number of aryl methyl sites for hydroxylation is 1. The fraction of sp³-hybridized carbons (Fsp3) is 0.692. The van der Waals surface area contributed by atoms with Gasteiger partial charge in [0.25, 0.3) is 0 Å². The number of amides is 1. The minimum Gasteiger partial charge on any atom is -0.343 e. The van der Waals surface area contributed by atoms with Crippen LogP contribution in [-0.2, 0) is 17.9 Å². The summed E-state index contributed by atoms with van der Waals surface area (Å²) in [4.78, 5) is 13.6. The standard InChI is InChI=1S/C13H24N4O/c1-4-16(5-2)13(18)7-8-14-9-12-10-15-17(6-3)11-12/h10-11,14H,4-9H2,1-3H3. The topological polar surface area (TPSA) is 50.2 Å². The summed E-state index contributed by atoms with van der Waals surface area (Å²) in [5.74, 6) is 0.219. The quantitative estimate of drug-likeness (QED) is 0.708. The van der Waals surface area contributed by atoms with Crippen LogP contribution in [0.15, 0.2) is 12.4 Å². The Kier molecular flexibility index (Phi) is 6.43. The van der Waals surface area contributed by atoms with Gasteiger partial charge in [-0.2, -0.15) is 5.10 Å². The zero-order valence-electron chi connectivity index (χ0n) is 11.6. The van der Waals surface area contributed by atoms with Crippen molar-refractivity contribution in [2.45, 2.75) is 40.3 Å². The molecule has 0 aromatic carbocycles. The molecule has 5 nitrogen and oxygen atoms in total. The first-order valence-electron chi connectivity index (χ1n) is 6.71. The predicted molar refractivity (Wildman–Crippen MR) is 72.2 cm³/mol. The molecule has 18 heavy (non-hydrogen) atoms. The third-order valence-corrected chi connectivity index (χ3v) is 2.97. The normalized spacial score (nSPS) is 10.6. The first-order valence-corrected chi connectivity index (χ1v) is 6.71. The molecule has 1 aromatic rings. The van der Waals surface area contributed by atoms with Gasteiger partial charge < -0.3 is 10.2 Å². The summed E-state index contributed by atoms with van der Waals surface area (Å²) in [5, 5.41) is 7.48. The van der Waals surface area contributed by atoms with Crippen molar-refractivity contribution in [2.75, 3.05) is 19.6 Å². The van der Waals surface area contributed by atoms with Crippen molar-refractivity contribution in [3.63, 3.8) is 0 Å². The summed E-state index contributed by atoms with van der Waals surface area (Å²) in [7, 11) is 0. The van der Waals surface area contributed by atoms with Crippen molar-refractivity contribution < 1.29 is 4.79 Å². The Hall–Kier alpha value is -1.36. The van der Waals surface area contributed by atoms with E-state index in [0.29, 0.717) is 13.0 Å². The van der Waals surface area contributed by atoms with E-state index in [2.05, 4.69) is 17.3 Å². The zero-order valence-corrected chi connectivity index (χ0v) is 11.6. The fourth-order valence-electron chi connectivity index (χ4n) is 1.83. The van der Waals surface area contributed by atoms with Crippen molar-refractivity contribution in [3.05, 3.63) is 18.0 Å². The maximum atomic E-state index is 11.7. The summed E-state index contributed by atoms with van der Waals surface area (Å²) in [6, 6.07) is 0. The second kappa shape index (κ2) is 7.87. The molecule has 1 amide bonds. The van der Waals surface area contributed by atoms with Crippen LogP contribution in [0.2, 0.25) is 0 Å². The van der Waals surface area contributed by atoms with Gasteiger partial charge in [-0.15, -0.1) is 0 Å². The summed E-state index contributed by atoms with van der Waals surface area (Å²) in [5.41, 5.74) is 1.16. The lowest BCUT2D eigenvalue weighted by Gasteiger charge is -2.18. The summed E-state index contributed by atoms with van der Waals surface area (Å²) in [6.45, 7) is 10.0. The van der Waals surface area contributed by atoms with Gasteiger partial charge in [0.15, 0.2) is 0 Å². The van der Waals surface area contributed by atoms with Crippen LogP contribution in [0.4, 0.5) is 0 Å². The molecule has 0 aliphatic heterocycles. The van der Waals surface area contributed by atoms with Crippen LogP contribution in [0.1, 0.15) is 32.8 Å². The van der Waals surface area contributed by atoms with Gasteiger partial charge in [0.05, 0.1) is 6.20 Å². The Bertz CT molecular complexity index is 358. The van der Waals surface area contributed by atoms with Gasteiger partial charge in [-0.3, -0.25) is 9.48 Å². The lowest BCUT2D eigenvalue weighted by atomic mass is 10.3. The van der Waals surface area contributed by atoms with E-state index in [1.54, 1.807) is 0 Å². The Balaban J connectivity index is 2.20. The molecule has 0 bridgehead atoms. The minimum absolute atomic E-state index is 0.219. The van der Waals surface area contributed by atoms with Crippen LogP contribution in [0.5, 0.6) is 0 Å². The molecular formula is C13H24N4O. The van der Waals surface area contributed by atoms with E-state index in [9.17, 15) is 4.79 Å². The predicted octanol–water partition coefficient (Wildman–Crippen LogP) is 1.25. The molecule has 0 unspecified atom stereocenters. The third-order valence-electron chi connectivity index (χ3n) is 2.97. The average Bonchev–Trinajstić information content (AvgIpc) is 2.84. The SMILES string of the molecule is CCN(CC)C(=O)CCNCc1cnn(CC)c1. The van der Waals surface area contributed by atoms with Crippen LogP contribution in [0, 0.1) is 0 Å². The summed E-state index contributed by atoms with van der Waals surface area (Å²) in [6.07, 6.45) is 4.45. The highest BCUT2D eigenvalue weighted by molar-refractivity contribution is 5.76. The van der Waals surface area contributed by atoms with Gasteiger partial charge >= 0.3 is 0 Å². The molecule has 0 aliphatic rings. The highest BCUT2D eigenvalue weighted by Gasteiger charge is 2.08. The Labute approximate surface area is 109 Å². The van der Waals surface area contributed by atoms with Gasteiger partial charge in [0.1, 0.15) is 0 Å². The number of carbonyl (C=O) groups is 1.